The lowest BCUT2D eigenvalue weighted by atomic mass is 9.95. The summed E-state index contributed by atoms with van der Waals surface area (Å²) < 4.78 is 13.0. The van der Waals surface area contributed by atoms with Gasteiger partial charge in [0.25, 0.3) is 17.4 Å². The van der Waals surface area contributed by atoms with Gasteiger partial charge in [-0.1, -0.05) is 0 Å². The summed E-state index contributed by atoms with van der Waals surface area (Å²) in [6, 6.07) is 9.47. The van der Waals surface area contributed by atoms with Gasteiger partial charge in [-0.2, -0.15) is 0 Å². The summed E-state index contributed by atoms with van der Waals surface area (Å²) in [7, 11) is 0. The zero-order valence-electron chi connectivity index (χ0n) is 19.1. The van der Waals surface area contributed by atoms with Crippen LogP contribution in [0.25, 0.3) is 5.76 Å². The maximum absolute atomic E-state index is 13.2. The molecule has 1 saturated heterocycles. The first-order valence-electron chi connectivity index (χ1n) is 11.3. The summed E-state index contributed by atoms with van der Waals surface area (Å²) in [6.45, 7) is 1.55. The van der Waals surface area contributed by atoms with Crippen molar-refractivity contribution in [3.05, 3.63) is 88.0 Å². The van der Waals surface area contributed by atoms with Gasteiger partial charge >= 0.3 is 0 Å². The number of non-ortho nitro benzene ring substituents is 1. The zero-order valence-corrected chi connectivity index (χ0v) is 19.1. The largest absolute Gasteiger partial charge is 0.507 e. The molecule has 0 aliphatic carbocycles. The summed E-state index contributed by atoms with van der Waals surface area (Å²) in [6.07, 6.45) is 5.63. The van der Waals surface area contributed by atoms with E-state index in [9.17, 15) is 24.8 Å². The number of nitrogens with zero attached hydrogens (tertiary/aromatic N) is 4. The molecule has 3 heterocycles. The van der Waals surface area contributed by atoms with Crippen molar-refractivity contribution in [1.29, 1.82) is 0 Å². The molecule has 2 aliphatic heterocycles. The van der Waals surface area contributed by atoms with Crippen LogP contribution in [0.15, 0.2) is 66.8 Å². The highest BCUT2D eigenvalue weighted by atomic mass is 16.6. The first kappa shape index (κ1) is 23.1. The highest BCUT2D eigenvalue weighted by Gasteiger charge is 2.46. The molecule has 184 valence electrons. The molecular weight excluding hydrogens is 468 g/mol. The van der Waals surface area contributed by atoms with Crippen molar-refractivity contribution >= 4 is 23.1 Å². The Hall–Kier alpha value is -4.67. The van der Waals surface area contributed by atoms with Crippen molar-refractivity contribution in [1.82, 2.24) is 14.5 Å². The molecule has 11 heteroatoms. The molecule has 1 amide bonds. The molecule has 2 aliphatic rings. The van der Waals surface area contributed by atoms with Crippen LogP contribution in [0.5, 0.6) is 11.5 Å². The normalized spacial score (nSPS) is 18.4. The topological polar surface area (TPSA) is 137 Å². The number of Topliss-reactive ketones (excluding diaryl/α,β-unsaturated/α-hetero) is 1. The van der Waals surface area contributed by atoms with Crippen LogP contribution in [0.1, 0.15) is 23.6 Å². The Kier molecular flexibility index (Phi) is 6.11. The molecule has 36 heavy (non-hydrogen) atoms. The third kappa shape index (κ3) is 4.26. The number of nitro benzene ring substituents is 1. The van der Waals surface area contributed by atoms with Gasteiger partial charge in [-0.05, 0) is 42.3 Å². The minimum absolute atomic E-state index is 0.0897. The van der Waals surface area contributed by atoms with Gasteiger partial charge in [0.15, 0.2) is 11.5 Å². The number of ketones is 1. The fourth-order valence-corrected chi connectivity index (χ4v) is 4.42. The SMILES string of the molecule is O=C1C(=O)N(CCCn2ccnc2)C(c2ccc([N+](=O)[O-])cc2)/C1=C(/O)c1ccc2c(c1)OCCO2. The van der Waals surface area contributed by atoms with Gasteiger partial charge in [0.05, 0.1) is 22.9 Å². The fourth-order valence-electron chi connectivity index (χ4n) is 4.42. The van der Waals surface area contributed by atoms with E-state index in [2.05, 4.69) is 4.98 Å². The minimum Gasteiger partial charge on any atom is -0.507 e. The maximum Gasteiger partial charge on any atom is 0.295 e. The second kappa shape index (κ2) is 9.53. The molecule has 1 aromatic heterocycles. The minimum atomic E-state index is -0.915. The Bertz CT molecular complexity index is 1350. The first-order chi connectivity index (χ1) is 17.4. The number of carbonyl (C=O) groups excluding carboxylic acids is 2. The van der Waals surface area contributed by atoms with E-state index in [1.54, 1.807) is 36.9 Å². The van der Waals surface area contributed by atoms with Crippen molar-refractivity contribution in [2.45, 2.75) is 19.0 Å². The summed E-state index contributed by atoms with van der Waals surface area (Å²) in [5.74, 6) is -0.987. The Morgan fingerprint density at radius 2 is 1.83 bits per heavy atom. The number of nitro groups is 1. The molecule has 3 aromatic rings. The Balaban J connectivity index is 1.54. The molecule has 0 radical (unpaired) electrons. The van der Waals surface area contributed by atoms with Crippen LogP contribution >= 0.6 is 0 Å². The van der Waals surface area contributed by atoms with Gasteiger partial charge in [0, 0.05) is 43.2 Å². The smallest absolute Gasteiger partial charge is 0.295 e. The van der Waals surface area contributed by atoms with Crippen molar-refractivity contribution in [2.75, 3.05) is 19.8 Å². The zero-order chi connectivity index (χ0) is 25.2. The molecule has 0 saturated carbocycles. The third-order valence-corrected chi connectivity index (χ3v) is 6.15. The number of likely N-dealkylation sites (tertiary alicyclic amines) is 1. The number of ether oxygens (including phenoxy) is 2. The van der Waals surface area contributed by atoms with Gasteiger partial charge in [-0.3, -0.25) is 19.7 Å². The van der Waals surface area contributed by atoms with E-state index in [-0.39, 0.29) is 23.6 Å². The third-order valence-electron chi connectivity index (χ3n) is 6.15. The number of aromatic nitrogens is 2. The molecule has 11 nitrogen and oxygen atoms in total. The number of carbonyl (C=O) groups is 2. The van der Waals surface area contributed by atoms with Gasteiger partial charge in [0.2, 0.25) is 0 Å². The average Bonchev–Trinajstić information content (AvgIpc) is 3.50. The molecule has 0 spiro atoms. The fraction of sp³-hybridized carbons (Fsp3) is 0.240. The number of amides is 1. The van der Waals surface area contributed by atoms with Crippen LogP contribution < -0.4 is 9.47 Å². The number of aryl methyl sites for hydroxylation is 1. The number of imidazole rings is 1. The van der Waals surface area contributed by atoms with E-state index < -0.39 is 22.7 Å². The summed E-state index contributed by atoms with van der Waals surface area (Å²) in [5.41, 5.74) is 0.555. The Morgan fingerprint density at radius 3 is 2.53 bits per heavy atom. The Morgan fingerprint density at radius 1 is 1.08 bits per heavy atom. The second-order valence-corrected chi connectivity index (χ2v) is 8.35. The van der Waals surface area contributed by atoms with Crippen LogP contribution in [0.4, 0.5) is 5.69 Å². The molecule has 0 bridgehead atoms. The standard InChI is InChI=1S/C25H22N4O7/c30-23(17-4-7-19-20(14-17)36-13-12-35-19)21-22(16-2-5-18(6-3-16)29(33)34)28(25(32)24(21)31)10-1-9-27-11-8-26-15-27/h2-8,11,14-15,22,30H,1,9-10,12-13H2/b23-21-. The van der Waals surface area contributed by atoms with Crippen molar-refractivity contribution < 1.29 is 29.1 Å². The lowest BCUT2D eigenvalue weighted by Gasteiger charge is -2.25. The van der Waals surface area contributed by atoms with E-state index in [1.165, 1.54) is 29.2 Å². The highest BCUT2D eigenvalue weighted by Crippen LogP contribution is 2.41. The molecule has 2 aromatic carbocycles. The van der Waals surface area contributed by atoms with Crippen LogP contribution in [0.2, 0.25) is 0 Å². The number of hydrogen-bond donors (Lipinski definition) is 1. The molecule has 1 N–H and O–H groups in total. The Labute approximate surface area is 205 Å². The van der Waals surface area contributed by atoms with Crippen molar-refractivity contribution in [2.24, 2.45) is 0 Å². The molecule has 5 rings (SSSR count). The molecule has 1 unspecified atom stereocenters. The molecule has 1 fully saturated rings. The molecular formula is C25H22N4O7. The number of rotatable bonds is 7. The van der Waals surface area contributed by atoms with Crippen LogP contribution in [0.3, 0.4) is 0 Å². The van der Waals surface area contributed by atoms with E-state index in [0.29, 0.717) is 48.8 Å². The van der Waals surface area contributed by atoms with Gasteiger partial charge < -0.3 is 24.0 Å². The quantitative estimate of drug-likeness (QED) is 0.175. The summed E-state index contributed by atoms with van der Waals surface area (Å²) in [4.78, 5) is 42.3. The monoisotopic (exact) mass is 490 g/mol. The second-order valence-electron chi connectivity index (χ2n) is 8.35. The lowest BCUT2D eigenvalue weighted by Crippen LogP contribution is -2.31. The van der Waals surface area contributed by atoms with Gasteiger partial charge in [-0.25, -0.2) is 4.98 Å². The van der Waals surface area contributed by atoms with Crippen LogP contribution in [-0.2, 0) is 16.1 Å². The van der Waals surface area contributed by atoms with Gasteiger partial charge in [-0.15, -0.1) is 0 Å². The van der Waals surface area contributed by atoms with Crippen LogP contribution in [-0.4, -0.2) is 55.9 Å². The predicted octanol–water partition coefficient (Wildman–Crippen LogP) is 3.07. The van der Waals surface area contributed by atoms with Gasteiger partial charge in [0.1, 0.15) is 19.0 Å². The molecule has 1 atom stereocenters. The number of benzene rings is 2. The number of hydrogen-bond acceptors (Lipinski definition) is 8. The van der Waals surface area contributed by atoms with Crippen molar-refractivity contribution in [3.63, 3.8) is 0 Å². The van der Waals surface area contributed by atoms with E-state index in [4.69, 9.17) is 9.47 Å². The van der Waals surface area contributed by atoms with E-state index in [0.717, 1.165) is 0 Å². The predicted molar refractivity (Wildman–Crippen MR) is 126 cm³/mol. The van der Waals surface area contributed by atoms with Crippen molar-refractivity contribution in [3.8, 4) is 11.5 Å². The lowest BCUT2D eigenvalue weighted by molar-refractivity contribution is -0.384. The summed E-state index contributed by atoms with van der Waals surface area (Å²) >= 11 is 0. The first-order valence-corrected chi connectivity index (χ1v) is 11.3. The number of aliphatic hydroxyl groups is 1. The summed E-state index contributed by atoms with van der Waals surface area (Å²) in [5, 5.41) is 22.4. The van der Waals surface area contributed by atoms with E-state index >= 15 is 0 Å². The van der Waals surface area contributed by atoms with E-state index in [1.807, 2.05) is 4.57 Å². The average molecular weight is 490 g/mol. The maximum atomic E-state index is 13.2. The highest BCUT2D eigenvalue weighted by molar-refractivity contribution is 6.46. The number of fused-ring (bicyclic) bond motifs is 1. The number of aliphatic hydroxyl groups excluding tert-OH is 1. The van der Waals surface area contributed by atoms with Crippen LogP contribution in [0, 0.1) is 10.1 Å².